The Morgan fingerprint density at radius 2 is 1.97 bits per heavy atom. The van der Waals surface area contributed by atoms with Gasteiger partial charge in [0.1, 0.15) is 11.5 Å². The van der Waals surface area contributed by atoms with E-state index in [0.29, 0.717) is 44.7 Å². The van der Waals surface area contributed by atoms with Crippen LogP contribution in [0.2, 0.25) is 5.02 Å². The molecule has 0 amide bonds. The van der Waals surface area contributed by atoms with Crippen molar-refractivity contribution in [2.24, 2.45) is 0 Å². The highest BCUT2D eigenvalue weighted by Crippen LogP contribution is 2.32. The second-order valence-electron chi connectivity index (χ2n) is 7.60. The SMILES string of the molecule is Cc1cc(-c2cnc3c(NCCC(F)(F)F)cc(Oc4cccc(Cl)c4)cn23)ccc1C(=O)[O-]. The molecule has 4 aromatic rings. The van der Waals surface area contributed by atoms with Gasteiger partial charge in [0, 0.05) is 28.8 Å². The van der Waals surface area contributed by atoms with Gasteiger partial charge in [0.2, 0.25) is 0 Å². The van der Waals surface area contributed by atoms with Crippen LogP contribution in [0.1, 0.15) is 22.3 Å². The van der Waals surface area contributed by atoms with Crippen molar-refractivity contribution in [2.75, 3.05) is 11.9 Å². The van der Waals surface area contributed by atoms with Gasteiger partial charge in [-0.15, -0.1) is 0 Å². The number of anilines is 1. The molecule has 0 radical (unpaired) electrons. The Hall–Kier alpha value is -3.72. The van der Waals surface area contributed by atoms with E-state index in [1.165, 1.54) is 6.07 Å². The highest BCUT2D eigenvalue weighted by molar-refractivity contribution is 6.30. The maximum absolute atomic E-state index is 12.7. The van der Waals surface area contributed by atoms with Gasteiger partial charge in [-0.2, -0.15) is 13.2 Å². The Balaban J connectivity index is 1.78. The Bertz CT molecular complexity index is 1370. The number of imidazole rings is 1. The van der Waals surface area contributed by atoms with Crippen molar-refractivity contribution in [3.63, 3.8) is 0 Å². The van der Waals surface area contributed by atoms with Crippen LogP contribution in [-0.2, 0) is 0 Å². The number of halogens is 4. The van der Waals surface area contributed by atoms with Crippen LogP contribution in [0.15, 0.2) is 60.9 Å². The number of fused-ring (bicyclic) bond motifs is 1. The molecule has 6 nitrogen and oxygen atoms in total. The summed E-state index contributed by atoms with van der Waals surface area (Å²) in [4.78, 5) is 15.6. The number of carboxylic acids is 1. The lowest BCUT2D eigenvalue weighted by Crippen LogP contribution is -2.23. The summed E-state index contributed by atoms with van der Waals surface area (Å²) in [5.41, 5.74) is 2.56. The van der Waals surface area contributed by atoms with Gasteiger partial charge in [0.15, 0.2) is 5.65 Å². The minimum Gasteiger partial charge on any atom is -0.545 e. The molecule has 0 aliphatic heterocycles. The highest BCUT2D eigenvalue weighted by atomic mass is 35.5. The Morgan fingerprint density at radius 3 is 2.65 bits per heavy atom. The summed E-state index contributed by atoms with van der Waals surface area (Å²) < 4.78 is 45.6. The number of pyridine rings is 1. The van der Waals surface area contributed by atoms with Crippen molar-refractivity contribution in [2.45, 2.75) is 19.5 Å². The Morgan fingerprint density at radius 1 is 1.18 bits per heavy atom. The normalized spacial score (nSPS) is 11.6. The predicted octanol–water partition coefficient (Wildman–Crippen LogP) is 5.48. The zero-order chi connectivity index (χ0) is 24.5. The number of carbonyl (C=O) groups is 1. The molecule has 0 aliphatic rings. The summed E-state index contributed by atoms with van der Waals surface area (Å²) in [6, 6.07) is 13.0. The average molecular weight is 489 g/mol. The summed E-state index contributed by atoms with van der Waals surface area (Å²) in [6.07, 6.45) is -2.12. The summed E-state index contributed by atoms with van der Waals surface area (Å²) in [5.74, 6) is -0.494. The van der Waals surface area contributed by atoms with Gasteiger partial charge >= 0.3 is 6.18 Å². The second kappa shape index (κ2) is 9.26. The van der Waals surface area contributed by atoms with E-state index in [1.54, 1.807) is 66.2 Å². The Kier molecular flexibility index (Phi) is 6.39. The second-order valence-corrected chi connectivity index (χ2v) is 8.03. The number of nitrogens with zero attached hydrogens (tertiary/aromatic N) is 2. The van der Waals surface area contributed by atoms with Gasteiger partial charge < -0.3 is 20.0 Å². The molecule has 0 spiro atoms. The molecule has 10 heteroatoms. The molecular weight excluding hydrogens is 471 g/mol. The lowest BCUT2D eigenvalue weighted by Gasteiger charge is -2.14. The standard InChI is InChI=1S/C24H19ClF3N3O3/c1-14-9-15(5-6-19(14)23(32)33)21-12-30-22-20(29-8-7-24(26,27)28)11-18(13-31(21)22)34-17-4-2-3-16(25)10-17/h2-6,9-13,29H,7-8H2,1H3,(H,32,33)/p-1. The van der Waals surface area contributed by atoms with Crippen molar-refractivity contribution in [3.05, 3.63) is 77.1 Å². The summed E-state index contributed by atoms with van der Waals surface area (Å²) >= 11 is 6.03. The van der Waals surface area contributed by atoms with Crippen LogP contribution in [0.4, 0.5) is 18.9 Å². The number of carboxylic acid groups (broad SMARTS) is 1. The molecule has 2 heterocycles. The first-order valence-corrected chi connectivity index (χ1v) is 10.6. The first-order chi connectivity index (χ1) is 16.1. The van der Waals surface area contributed by atoms with Gasteiger partial charge in [-0.3, -0.25) is 4.40 Å². The lowest BCUT2D eigenvalue weighted by atomic mass is 10.0. The maximum atomic E-state index is 12.7. The molecule has 2 aromatic heterocycles. The molecule has 0 saturated carbocycles. The summed E-state index contributed by atoms with van der Waals surface area (Å²) in [6.45, 7) is 1.30. The Labute approximate surface area is 197 Å². The number of rotatable bonds is 7. The number of hydrogen-bond donors (Lipinski definition) is 1. The van der Waals surface area contributed by atoms with E-state index < -0.39 is 18.6 Å². The van der Waals surface area contributed by atoms with E-state index in [4.69, 9.17) is 16.3 Å². The van der Waals surface area contributed by atoms with Crippen molar-refractivity contribution in [1.82, 2.24) is 9.38 Å². The molecule has 0 bridgehead atoms. The van der Waals surface area contributed by atoms with E-state index in [-0.39, 0.29) is 12.1 Å². The monoisotopic (exact) mass is 488 g/mol. The third-order valence-corrected chi connectivity index (χ3v) is 5.31. The minimum atomic E-state index is -4.31. The van der Waals surface area contributed by atoms with Crippen molar-refractivity contribution < 1.29 is 27.8 Å². The van der Waals surface area contributed by atoms with E-state index in [1.807, 2.05) is 0 Å². The number of aryl methyl sites for hydroxylation is 1. The molecule has 2 aromatic carbocycles. The van der Waals surface area contributed by atoms with Crippen molar-refractivity contribution >= 4 is 28.9 Å². The van der Waals surface area contributed by atoms with E-state index in [2.05, 4.69) is 10.3 Å². The van der Waals surface area contributed by atoms with Gasteiger partial charge in [-0.1, -0.05) is 29.8 Å². The van der Waals surface area contributed by atoms with E-state index >= 15 is 0 Å². The summed E-state index contributed by atoms with van der Waals surface area (Å²) in [7, 11) is 0. The predicted molar refractivity (Wildman–Crippen MR) is 120 cm³/mol. The largest absolute Gasteiger partial charge is 0.545 e. The molecule has 4 rings (SSSR count). The molecule has 0 atom stereocenters. The van der Waals surface area contributed by atoms with E-state index in [9.17, 15) is 23.1 Å². The molecule has 0 fully saturated rings. The van der Waals surface area contributed by atoms with Crippen LogP contribution in [-0.4, -0.2) is 28.1 Å². The van der Waals surface area contributed by atoms with Crippen LogP contribution >= 0.6 is 11.6 Å². The smallest absolute Gasteiger partial charge is 0.390 e. The van der Waals surface area contributed by atoms with E-state index in [0.717, 1.165) is 0 Å². The molecule has 1 N–H and O–H groups in total. The number of alkyl halides is 3. The van der Waals surface area contributed by atoms with Gasteiger partial charge in [0.25, 0.3) is 0 Å². The van der Waals surface area contributed by atoms with Crippen molar-refractivity contribution in [3.8, 4) is 22.8 Å². The summed E-state index contributed by atoms with van der Waals surface area (Å²) in [5, 5.41) is 14.5. The first-order valence-electron chi connectivity index (χ1n) is 10.2. The quantitative estimate of drug-likeness (QED) is 0.372. The van der Waals surface area contributed by atoms with Gasteiger partial charge in [-0.05, 0) is 36.8 Å². The fourth-order valence-electron chi connectivity index (χ4n) is 3.52. The number of nitrogens with one attached hydrogen (secondary N) is 1. The molecule has 0 unspecified atom stereocenters. The van der Waals surface area contributed by atoms with Gasteiger partial charge in [0.05, 0.1) is 36.2 Å². The number of aromatic nitrogens is 2. The zero-order valence-corrected chi connectivity index (χ0v) is 18.6. The molecule has 176 valence electrons. The van der Waals surface area contributed by atoms with Crippen LogP contribution in [0.25, 0.3) is 16.9 Å². The molecular formula is C24H18ClF3N3O3-. The number of ether oxygens (including phenoxy) is 1. The zero-order valence-electron chi connectivity index (χ0n) is 17.8. The van der Waals surface area contributed by atoms with Crippen LogP contribution in [0, 0.1) is 6.92 Å². The average Bonchev–Trinajstić information content (AvgIpc) is 3.16. The molecule has 0 aliphatic carbocycles. The van der Waals surface area contributed by atoms with Crippen molar-refractivity contribution in [1.29, 1.82) is 0 Å². The highest BCUT2D eigenvalue weighted by Gasteiger charge is 2.26. The van der Waals surface area contributed by atoms with Gasteiger partial charge in [-0.25, -0.2) is 4.98 Å². The van der Waals surface area contributed by atoms with Crippen LogP contribution in [0.3, 0.4) is 0 Å². The number of benzene rings is 2. The molecule has 34 heavy (non-hydrogen) atoms. The molecule has 0 saturated heterocycles. The van der Waals surface area contributed by atoms with Crippen LogP contribution in [0.5, 0.6) is 11.5 Å². The number of carbonyl (C=O) groups excluding carboxylic acids is 1. The van der Waals surface area contributed by atoms with Crippen LogP contribution < -0.4 is 15.2 Å². The lowest BCUT2D eigenvalue weighted by molar-refractivity contribution is -0.255. The third-order valence-electron chi connectivity index (χ3n) is 5.08. The number of hydrogen-bond acceptors (Lipinski definition) is 5. The topological polar surface area (TPSA) is 78.7 Å². The fourth-order valence-corrected chi connectivity index (χ4v) is 3.70. The minimum absolute atomic E-state index is 0.0667. The number of aromatic carboxylic acids is 1. The maximum Gasteiger partial charge on any atom is 0.390 e. The fraction of sp³-hybridized carbons (Fsp3) is 0.167. The first kappa shape index (κ1) is 23.4. The third kappa shape index (κ3) is 5.26.